The molecule has 1 unspecified atom stereocenters. The number of carbonyl (C=O) groups is 1. The van der Waals surface area contributed by atoms with Crippen LogP contribution in [0.2, 0.25) is 0 Å². The maximum Gasteiger partial charge on any atom is 0.319 e. The molecule has 1 atom stereocenters. The van der Waals surface area contributed by atoms with Crippen LogP contribution in [-0.4, -0.2) is 23.3 Å². The van der Waals surface area contributed by atoms with E-state index < -0.39 is 5.54 Å². The monoisotopic (exact) mass is 246 g/mol. The van der Waals surface area contributed by atoms with Gasteiger partial charge in [0, 0.05) is 11.3 Å². The molecule has 0 bridgehead atoms. The summed E-state index contributed by atoms with van der Waals surface area (Å²) in [5.41, 5.74) is 0.709. The van der Waals surface area contributed by atoms with Crippen molar-refractivity contribution in [3.8, 4) is 12.3 Å². The first-order chi connectivity index (χ1) is 8.53. The van der Waals surface area contributed by atoms with E-state index in [0.717, 1.165) is 0 Å². The maximum atomic E-state index is 11.8. The lowest BCUT2D eigenvalue weighted by Gasteiger charge is -2.27. The molecule has 0 spiro atoms. The third kappa shape index (κ3) is 3.79. The van der Waals surface area contributed by atoms with Gasteiger partial charge in [-0.25, -0.2) is 4.79 Å². The number of carbonyl (C=O) groups excluding carboxylic acids is 1. The molecule has 4 heteroatoms. The lowest BCUT2D eigenvalue weighted by atomic mass is 10.0. The van der Waals surface area contributed by atoms with Crippen LogP contribution >= 0.6 is 0 Å². The van der Waals surface area contributed by atoms with Crippen molar-refractivity contribution in [3.63, 3.8) is 0 Å². The van der Waals surface area contributed by atoms with Crippen molar-refractivity contribution in [3.05, 3.63) is 29.8 Å². The SMILES string of the molecule is C#Cc1cccc(NC(=O)NC(C)(CC)CO)c1. The van der Waals surface area contributed by atoms with Gasteiger partial charge in [0.25, 0.3) is 0 Å². The third-order valence-corrected chi connectivity index (χ3v) is 2.83. The zero-order valence-corrected chi connectivity index (χ0v) is 10.7. The van der Waals surface area contributed by atoms with Gasteiger partial charge in [-0.1, -0.05) is 18.9 Å². The molecule has 0 saturated carbocycles. The molecule has 4 nitrogen and oxygen atoms in total. The Kier molecular flexibility index (Phi) is 4.75. The molecule has 2 amide bonds. The van der Waals surface area contributed by atoms with E-state index in [4.69, 9.17) is 6.42 Å². The molecule has 0 fully saturated rings. The summed E-state index contributed by atoms with van der Waals surface area (Å²) in [4.78, 5) is 11.8. The largest absolute Gasteiger partial charge is 0.394 e. The highest BCUT2D eigenvalue weighted by Gasteiger charge is 2.22. The predicted molar refractivity (Wildman–Crippen MR) is 72.3 cm³/mol. The van der Waals surface area contributed by atoms with Crippen LogP contribution in [0.3, 0.4) is 0 Å². The standard InChI is InChI=1S/C14H18N2O2/c1-4-11-7-6-8-12(9-11)15-13(18)16-14(3,5-2)10-17/h1,6-9,17H,5,10H2,2-3H3,(H2,15,16,18). The van der Waals surface area contributed by atoms with E-state index in [1.54, 1.807) is 31.2 Å². The van der Waals surface area contributed by atoms with Crippen molar-refractivity contribution >= 4 is 11.7 Å². The number of terminal acetylenes is 1. The first-order valence-corrected chi connectivity index (χ1v) is 5.79. The van der Waals surface area contributed by atoms with Crippen LogP contribution in [0.4, 0.5) is 10.5 Å². The Bertz CT molecular complexity index is 459. The molecule has 1 aromatic carbocycles. The summed E-state index contributed by atoms with van der Waals surface area (Å²) < 4.78 is 0. The van der Waals surface area contributed by atoms with Crippen LogP contribution in [0, 0.1) is 12.3 Å². The van der Waals surface area contributed by atoms with Gasteiger partial charge in [0.2, 0.25) is 0 Å². The second kappa shape index (κ2) is 6.08. The molecule has 1 rings (SSSR count). The number of benzene rings is 1. The van der Waals surface area contributed by atoms with Gasteiger partial charge >= 0.3 is 6.03 Å². The van der Waals surface area contributed by atoms with Crippen molar-refractivity contribution in [1.29, 1.82) is 0 Å². The molecular weight excluding hydrogens is 228 g/mol. The summed E-state index contributed by atoms with van der Waals surface area (Å²) in [5.74, 6) is 2.50. The Morgan fingerprint density at radius 1 is 1.56 bits per heavy atom. The number of anilines is 1. The highest BCUT2D eigenvalue weighted by molar-refractivity contribution is 5.89. The molecule has 0 aliphatic carbocycles. The van der Waals surface area contributed by atoms with Crippen LogP contribution in [0.5, 0.6) is 0 Å². The van der Waals surface area contributed by atoms with Crippen molar-refractivity contribution in [2.75, 3.05) is 11.9 Å². The Labute approximate surface area is 107 Å². The van der Waals surface area contributed by atoms with Gasteiger partial charge in [0.05, 0.1) is 12.1 Å². The van der Waals surface area contributed by atoms with E-state index in [2.05, 4.69) is 16.6 Å². The average Bonchev–Trinajstić information content (AvgIpc) is 2.38. The first kappa shape index (κ1) is 14.1. The van der Waals surface area contributed by atoms with E-state index in [0.29, 0.717) is 17.7 Å². The summed E-state index contributed by atoms with van der Waals surface area (Å²) in [5, 5.41) is 14.6. The van der Waals surface area contributed by atoms with Gasteiger partial charge in [-0.15, -0.1) is 6.42 Å². The van der Waals surface area contributed by atoms with E-state index in [1.165, 1.54) is 0 Å². The van der Waals surface area contributed by atoms with Crippen LogP contribution in [0.15, 0.2) is 24.3 Å². The van der Waals surface area contributed by atoms with Gasteiger partial charge in [-0.3, -0.25) is 0 Å². The fourth-order valence-electron chi connectivity index (χ4n) is 1.36. The molecule has 1 aromatic rings. The highest BCUT2D eigenvalue weighted by atomic mass is 16.3. The second-order valence-corrected chi connectivity index (χ2v) is 4.38. The van der Waals surface area contributed by atoms with Crippen molar-refractivity contribution < 1.29 is 9.90 Å². The molecule has 0 aliphatic rings. The molecule has 96 valence electrons. The van der Waals surface area contributed by atoms with Crippen molar-refractivity contribution in [2.24, 2.45) is 0 Å². The van der Waals surface area contributed by atoms with Gasteiger partial charge < -0.3 is 15.7 Å². The molecule has 0 saturated heterocycles. The van der Waals surface area contributed by atoms with E-state index in [1.807, 2.05) is 6.92 Å². The van der Waals surface area contributed by atoms with E-state index >= 15 is 0 Å². The number of rotatable bonds is 4. The fraction of sp³-hybridized carbons (Fsp3) is 0.357. The lowest BCUT2D eigenvalue weighted by Crippen LogP contribution is -2.50. The van der Waals surface area contributed by atoms with Gasteiger partial charge in [-0.05, 0) is 31.5 Å². The summed E-state index contributed by atoms with van der Waals surface area (Å²) in [6.07, 6.45) is 5.92. The van der Waals surface area contributed by atoms with Crippen LogP contribution in [0.1, 0.15) is 25.8 Å². The number of aliphatic hydroxyl groups is 1. The molecule has 0 aromatic heterocycles. The topological polar surface area (TPSA) is 61.4 Å². The Balaban J connectivity index is 2.68. The maximum absolute atomic E-state index is 11.8. The molecule has 3 N–H and O–H groups in total. The normalized spacial score (nSPS) is 13.2. The minimum Gasteiger partial charge on any atom is -0.394 e. The Morgan fingerprint density at radius 3 is 2.83 bits per heavy atom. The third-order valence-electron chi connectivity index (χ3n) is 2.83. The number of hydrogen-bond acceptors (Lipinski definition) is 2. The number of aliphatic hydroxyl groups excluding tert-OH is 1. The fourth-order valence-corrected chi connectivity index (χ4v) is 1.36. The number of hydrogen-bond donors (Lipinski definition) is 3. The zero-order valence-electron chi connectivity index (χ0n) is 10.7. The smallest absolute Gasteiger partial charge is 0.319 e. The van der Waals surface area contributed by atoms with Crippen molar-refractivity contribution in [1.82, 2.24) is 5.32 Å². The Morgan fingerprint density at radius 2 is 2.28 bits per heavy atom. The quantitative estimate of drug-likeness (QED) is 0.711. The van der Waals surface area contributed by atoms with Gasteiger partial charge in [0.1, 0.15) is 0 Å². The summed E-state index contributed by atoms with van der Waals surface area (Å²) in [6.45, 7) is 3.57. The van der Waals surface area contributed by atoms with E-state index in [-0.39, 0.29) is 12.6 Å². The summed E-state index contributed by atoms with van der Waals surface area (Å²) in [7, 11) is 0. The second-order valence-electron chi connectivity index (χ2n) is 4.38. The van der Waals surface area contributed by atoms with Crippen molar-refractivity contribution in [2.45, 2.75) is 25.8 Å². The van der Waals surface area contributed by atoms with Gasteiger partial charge in [0.15, 0.2) is 0 Å². The molecule has 0 aliphatic heterocycles. The summed E-state index contributed by atoms with van der Waals surface area (Å²) in [6, 6.07) is 6.66. The number of nitrogens with one attached hydrogen (secondary N) is 2. The Hall–Kier alpha value is -1.99. The zero-order chi connectivity index (χ0) is 13.6. The number of amides is 2. The molecule has 0 radical (unpaired) electrons. The van der Waals surface area contributed by atoms with Crippen LogP contribution in [0.25, 0.3) is 0 Å². The molecular formula is C14H18N2O2. The van der Waals surface area contributed by atoms with Crippen LogP contribution in [-0.2, 0) is 0 Å². The molecule has 18 heavy (non-hydrogen) atoms. The minimum atomic E-state index is -0.617. The molecule has 0 heterocycles. The predicted octanol–water partition coefficient (Wildman–Crippen LogP) is 1.95. The van der Waals surface area contributed by atoms with Gasteiger partial charge in [-0.2, -0.15) is 0 Å². The highest BCUT2D eigenvalue weighted by Crippen LogP contribution is 2.11. The number of urea groups is 1. The average molecular weight is 246 g/mol. The van der Waals surface area contributed by atoms with Crippen LogP contribution < -0.4 is 10.6 Å². The van der Waals surface area contributed by atoms with E-state index in [9.17, 15) is 9.90 Å². The minimum absolute atomic E-state index is 0.110. The summed E-state index contributed by atoms with van der Waals surface area (Å²) >= 11 is 0. The lowest BCUT2D eigenvalue weighted by molar-refractivity contribution is 0.172. The first-order valence-electron chi connectivity index (χ1n) is 5.79.